The number of H-pyrrole nitrogens is 1. The van der Waals surface area contributed by atoms with Gasteiger partial charge in [0.2, 0.25) is 5.91 Å². The second-order valence-corrected chi connectivity index (χ2v) is 5.86. The maximum absolute atomic E-state index is 12.2. The molecule has 7 heteroatoms. The van der Waals surface area contributed by atoms with Crippen molar-refractivity contribution in [2.45, 2.75) is 13.0 Å². The van der Waals surface area contributed by atoms with Gasteiger partial charge in [-0.1, -0.05) is 6.58 Å². The molecule has 0 unspecified atom stereocenters. The van der Waals surface area contributed by atoms with Crippen molar-refractivity contribution < 1.29 is 4.79 Å². The Morgan fingerprint density at radius 3 is 2.88 bits per heavy atom. The lowest BCUT2D eigenvalue weighted by molar-refractivity contribution is -0.130. The van der Waals surface area contributed by atoms with Gasteiger partial charge in [-0.2, -0.15) is 0 Å². The standard InChI is InChI=1S/C17H19N5O2/c1-4-16(23)22-9-13(10-22)21(3)15-5-12(7-19-17(15)24)14-8-18-6-11(2)20-14/h4-8,13H,1,9-10H2,2-3H3,(H,19,24). The van der Waals surface area contributed by atoms with E-state index in [-0.39, 0.29) is 17.5 Å². The van der Waals surface area contributed by atoms with Crippen molar-refractivity contribution in [2.24, 2.45) is 0 Å². The predicted molar refractivity (Wildman–Crippen MR) is 91.8 cm³/mol. The molecule has 0 aromatic carbocycles. The normalized spacial score (nSPS) is 14.2. The van der Waals surface area contributed by atoms with Crippen molar-refractivity contribution in [2.75, 3.05) is 25.0 Å². The van der Waals surface area contributed by atoms with Crippen molar-refractivity contribution in [3.8, 4) is 11.3 Å². The fourth-order valence-corrected chi connectivity index (χ4v) is 2.69. The van der Waals surface area contributed by atoms with Crippen LogP contribution in [0.1, 0.15) is 5.69 Å². The van der Waals surface area contributed by atoms with Gasteiger partial charge in [0.25, 0.3) is 5.56 Å². The SMILES string of the molecule is C=CC(=O)N1CC(N(C)c2cc(-c3cncc(C)n3)c[nH]c2=O)C1. The van der Waals surface area contributed by atoms with Crippen LogP contribution in [0.3, 0.4) is 0 Å². The zero-order chi connectivity index (χ0) is 17.3. The average Bonchev–Trinajstić information content (AvgIpc) is 2.53. The smallest absolute Gasteiger partial charge is 0.271 e. The Morgan fingerprint density at radius 1 is 1.46 bits per heavy atom. The van der Waals surface area contributed by atoms with Gasteiger partial charge in [-0.25, -0.2) is 4.98 Å². The summed E-state index contributed by atoms with van der Waals surface area (Å²) in [7, 11) is 1.86. The Hall–Kier alpha value is -2.96. The fourth-order valence-electron chi connectivity index (χ4n) is 2.69. The molecule has 1 saturated heterocycles. The summed E-state index contributed by atoms with van der Waals surface area (Å²) in [6, 6.07) is 1.91. The summed E-state index contributed by atoms with van der Waals surface area (Å²) in [6.45, 7) is 6.51. The van der Waals surface area contributed by atoms with Gasteiger partial charge in [-0.15, -0.1) is 0 Å². The molecule has 0 saturated carbocycles. The first-order chi connectivity index (χ1) is 11.5. The summed E-state index contributed by atoms with van der Waals surface area (Å²) in [6.07, 6.45) is 6.29. The Morgan fingerprint density at radius 2 is 2.21 bits per heavy atom. The quantitative estimate of drug-likeness (QED) is 0.847. The van der Waals surface area contributed by atoms with Crippen molar-refractivity contribution in [3.05, 3.63) is 53.4 Å². The highest BCUT2D eigenvalue weighted by molar-refractivity contribution is 5.87. The van der Waals surface area contributed by atoms with Crippen molar-refractivity contribution in [3.63, 3.8) is 0 Å². The molecule has 0 atom stereocenters. The fraction of sp³-hybridized carbons (Fsp3) is 0.294. The van der Waals surface area contributed by atoms with E-state index in [0.717, 1.165) is 11.3 Å². The van der Waals surface area contributed by atoms with E-state index in [1.807, 2.05) is 18.9 Å². The molecule has 0 aliphatic carbocycles. The Kier molecular flexibility index (Phi) is 4.16. The van der Waals surface area contributed by atoms with Crippen LogP contribution in [-0.2, 0) is 4.79 Å². The molecular formula is C17H19N5O2. The van der Waals surface area contributed by atoms with Gasteiger partial charge in [0.15, 0.2) is 0 Å². The molecule has 0 radical (unpaired) electrons. The van der Waals surface area contributed by atoms with Gasteiger partial charge < -0.3 is 14.8 Å². The van der Waals surface area contributed by atoms with Crippen molar-refractivity contribution >= 4 is 11.6 Å². The molecule has 7 nitrogen and oxygen atoms in total. The molecule has 1 N–H and O–H groups in total. The van der Waals surface area contributed by atoms with Gasteiger partial charge in [0, 0.05) is 38.1 Å². The maximum Gasteiger partial charge on any atom is 0.271 e. The van der Waals surface area contributed by atoms with E-state index in [4.69, 9.17) is 0 Å². The van der Waals surface area contributed by atoms with Gasteiger partial charge in [-0.3, -0.25) is 14.6 Å². The van der Waals surface area contributed by atoms with Crippen LogP contribution in [0.2, 0.25) is 0 Å². The maximum atomic E-state index is 12.2. The van der Waals surface area contributed by atoms with E-state index in [1.165, 1.54) is 6.08 Å². The molecule has 24 heavy (non-hydrogen) atoms. The van der Waals surface area contributed by atoms with Gasteiger partial charge >= 0.3 is 0 Å². The molecule has 0 spiro atoms. The zero-order valence-electron chi connectivity index (χ0n) is 13.7. The summed E-state index contributed by atoms with van der Waals surface area (Å²) in [5.41, 5.74) is 2.69. The summed E-state index contributed by atoms with van der Waals surface area (Å²) in [4.78, 5) is 38.7. The number of hydrogen-bond acceptors (Lipinski definition) is 5. The Labute approximate surface area is 139 Å². The average molecular weight is 325 g/mol. The second kappa shape index (κ2) is 6.27. The third kappa shape index (κ3) is 2.92. The number of carbonyl (C=O) groups is 1. The topological polar surface area (TPSA) is 82.2 Å². The van der Waals surface area contributed by atoms with Crippen molar-refractivity contribution in [1.82, 2.24) is 19.9 Å². The van der Waals surface area contributed by atoms with Crippen LogP contribution in [0.4, 0.5) is 5.69 Å². The summed E-state index contributed by atoms with van der Waals surface area (Å²) in [5.74, 6) is -0.0858. The van der Waals surface area contributed by atoms with E-state index < -0.39 is 0 Å². The van der Waals surface area contributed by atoms with Crippen LogP contribution < -0.4 is 10.5 Å². The number of likely N-dealkylation sites (tertiary alicyclic amines) is 1. The highest BCUT2D eigenvalue weighted by Crippen LogP contribution is 2.22. The van der Waals surface area contributed by atoms with Gasteiger partial charge in [-0.05, 0) is 19.1 Å². The van der Waals surface area contributed by atoms with Crippen molar-refractivity contribution in [1.29, 1.82) is 0 Å². The summed E-state index contributed by atoms with van der Waals surface area (Å²) in [5, 5.41) is 0. The van der Waals surface area contributed by atoms with E-state index in [1.54, 1.807) is 29.6 Å². The number of carbonyl (C=O) groups excluding carboxylic acids is 1. The molecule has 2 aromatic rings. The van der Waals surface area contributed by atoms with Crippen LogP contribution >= 0.6 is 0 Å². The summed E-state index contributed by atoms with van der Waals surface area (Å²) >= 11 is 0. The van der Waals surface area contributed by atoms with Crippen LogP contribution in [0.5, 0.6) is 0 Å². The number of hydrogen-bond donors (Lipinski definition) is 1. The van der Waals surface area contributed by atoms with E-state index in [2.05, 4.69) is 21.5 Å². The number of aryl methyl sites for hydroxylation is 1. The van der Waals surface area contributed by atoms with Gasteiger partial charge in [0.05, 0.1) is 23.6 Å². The first-order valence-corrected chi connectivity index (χ1v) is 7.65. The van der Waals surface area contributed by atoms with E-state index in [0.29, 0.717) is 24.5 Å². The largest absolute Gasteiger partial charge is 0.364 e. The third-order valence-corrected chi connectivity index (χ3v) is 4.21. The number of anilines is 1. The number of nitrogens with one attached hydrogen (secondary N) is 1. The molecule has 124 valence electrons. The van der Waals surface area contributed by atoms with E-state index >= 15 is 0 Å². The number of aromatic amines is 1. The molecule has 1 aliphatic rings. The molecule has 3 rings (SSSR count). The Balaban J connectivity index is 1.83. The van der Waals surface area contributed by atoms with Crippen LogP contribution in [0.25, 0.3) is 11.3 Å². The first-order valence-electron chi connectivity index (χ1n) is 7.65. The van der Waals surface area contributed by atoms with Crippen LogP contribution in [0, 0.1) is 6.92 Å². The first kappa shape index (κ1) is 15.9. The minimum Gasteiger partial charge on any atom is -0.364 e. The number of pyridine rings is 1. The molecule has 3 heterocycles. The van der Waals surface area contributed by atoms with Gasteiger partial charge in [0.1, 0.15) is 5.69 Å². The number of nitrogens with zero attached hydrogens (tertiary/aromatic N) is 4. The molecule has 0 bridgehead atoms. The highest BCUT2D eigenvalue weighted by atomic mass is 16.2. The minimum atomic E-state index is -0.171. The summed E-state index contributed by atoms with van der Waals surface area (Å²) < 4.78 is 0. The molecular weight excluding hydrogens is 306 g/mol. The van der Waals surface area contributed by atoms with Crippen LogP contribution in [-0.4, -0.2) is 51.9 Å². The zero-order valence-corrected chi connectivity index (χ0v) is 13.7. The van der Waals surface area contributed by atoms with E-state index in [9.17, 15) is 9.59 Å². The lowest BCUT2D eigenvalue weighted by Gasteiger charge is -2.44. The monoisotopic (exact) mass is 325 g/mol. The third-order valence-electron chi connectivity index (χ3n) is 4.21. The minimum absolute atomic E-state index is 0.0858. The Bertz CT molecular complexity index is 839. The predicted octanol–water partition coefficient (Wildman–Crippen LogP) is 0.973. The molecule has 1 fully saturated rings. The molecule has 1 amide bonds. The van der Waals surface area contributed by atoms with Crippen LogP contribution in [0.15, 0.2) is 42.1 Å². The number of aromatic nitrogens is 3. The molecule has 1 aliphatic heterocycles. The lowest BCUT2D eigenvalue weighted by Crippen LogP contribution is -2.60. The highest BCUT2D eigenvalue weighted by Gasteiger charge is 2.33. The number of rotatable bonds is 4. The second-order valence-electron chi connectivity index (χ2n) is 5.86. The number of amides is 1. The number of likely N-dealkylation sites (N-methyl/N-ethyl adjacent to an activating group) is 1. The molecule has 2 aromatic heterocycles. The lowest BCUT2D eigenvalue weighted by atomic mass is 10.1.